The van der Waals surface area contributed by atoms with Gasteiger partial charge < -0.3 is 23.7 Å². The Morgan fingerprint density at radius 2 is 1.48 bits per heavy atom. The lowest BCUT2D eigenvalue weighted by molar-refractivity contribution is -0.160. The number of carbonyl (C=O) groups excluding carboxylic acids is 2. The molecule has 154 valence electrons. The smallest absolute Gasteiger partial charge is 0.303 e. The van der Waals surface area contributed by atoms with Crippen molar-refractivity contribution >= 4 is 17.6 Å². The molecule has 3 rings (SSSR count). The fourth-order valence-electron chi connectivity index (χ4n) is 3.38. The Bertz CT molecular complexity index is 885. The van der Waals surface area contributed by atoms with Crippen molar-refractivity contribution in [3.63, 3.8) is 0 Å². The second kappa shape index (κ2) is 8.30. The molecule has 8 heteroatoms. The lowest BCUT2D eigenvalue weighted by atomic mass is 9.89. The van der Waals surface area contributed by atoms with Crippen molar-refractivity contribution in [1.29, 1.82) is 0 Å². The number of methoxy groups -OCH3 is 4. The van der Waals surface area contributed by atoms with Crippen LogP contribution in [-0.2, 0) is 14.3 Å². The quantitative estimate of drug-likeness (QED) is 0.521. The molecule has 0 spiro atoms. The van der Waals surface area contributed by atoms with Gasteiger partial charge >= 0.3 is 5.97 Å². The number of rotatable bonds is 7. The first-order chi connectivity index (χ1) is 13.9. The van der Waals surface area contributed by atoms with Gasteiger partial charge in [-0.25, -0.2) is 0 Å². The minimum Gasteiger partial charge on any atom is -0.497 e. The summed E-state index contributed by atoms with van der Waals surface area (Å²) in [6.07, 6.45) is -0.947. The molecule has 1 aliphatic rings. The molecule has 2 unspecified atom stereocenters. The van der Waals surface area contributed by atoms with Crippen LogP contribution in [0.2, 0.25) is 0 Å². The summed E-state index contributed by atoms with van der Waals surface area (Å²) in [6, 6.07) is 9.99. The molecule has 1 heterocycles. The van der Waals surface area contributed by atoms with Crippen molar-refractivity contribution in [2.24, 2.45) is 0 Å². The highest BCUT2D eigenvalue weighted by atomic mass is 16.6. The minimum absolute atomic E-state index is 0.316. The summed E-state index contributed by atoms with van der Waals surface area (Å²) in [6.45, 7) is 1.27. The molecule has 8 nitrogen and oxygen atoms in total. The molecule has 0 radical (unpaired) electrons. The van der Waals surface area contributed by atoms with Crippen LogP contribution in [0.3, 0.4) is 0 Å². The summed E-state index contributed by atoms with van der Waals surface area (Å²) in [5, 5.41) is 0. The number of nitrogens with zero attached hydrogens (tertiary/aromatic N) is 1. The molecule has 0 aromatic heterocycles. The molecular formula is C21H23NO7. The molecule has 29 heavy (non-hydrogen) atoms. The van der Waals surface area contributed by atoms with E-state index in [-0.39, 0.29) is 5.91 Å². The number of anilines is 1. The number of ether oxygens (including phenoxy) is 5. The third-order valence-electron chi connectivity index (χ3n) is 4.72. The summed E-state index contributed by atoms with van der Waals surface area (Å²) >= 11 is 0. The van der Waals surface area contributed by atoms with E-state index >= 15 is 0 Å². The molecule has 0 bridgehead atoms. The maximum Gasteiger partial charge on any atom is 0.303 e. The zero-order valence-electron chi connectivity index (χ0n) is 16.9. The molecule has 0 N–H and O–H groups in total. The van der Waals surface area contributed by atoms with Gasteiger partial charge in [0.2, 0.25) is 11.9 Å². The van der Waals surface area contributed by atoms with Gasteiger partial charge in [0.25, 0.3) is 5.91 Å². The Balaban J connectivity index is 2.07. The van der Waals surface area contributed by atoms with E-state index in [2.05, 4.69) is 0 Å². The van der Waals surface area contributed by atoms with Crippen LogP contribution in [0.5, 0.6) is 23.0 Å². The zero-order chi connectivity index (χ0) is 21.1. The highest BCUT2D eigenvalue weighted by Crippen LogP contribution is 2.46. The topological polar surface area (TPSA) is 83.5 Å². The van der Waals surface area contributed by atoms with Gasteiger partial charge in [-0.15, -0.1) is 0 Å². The maximum atomic E-state index is 12.8. The zero-order valence-corrected chi connectivity index (χ0v) is 16.9. The van der Waals surface area contributed by atoms with Gasteiger partial charge in [-0.05, 0) is 42.0 Å². The molecule has 1 amide bonds. The standard InChI is InChI=1S/C21H23NO7/c1-12(23)29-20-18(13-10-16(26-3)19(28-5)17(11-13)27-4)22(21(20)24)14-6-8-15(25-2)9-7-14/h6-11,18,20H,1-5H3. The number of hydrogen-bond acceptors (Lipinski definition) is 7. The van der Waals surface area contributed by atoms with Crippen LogP contribution in [0, 0.1) is 0 Å². The molecule has 1 fully saturated rings. The number of carbonyl (C=O) groups is 2. The van der Waals surface area contributed by atoms with Crippen molar-refractivity contribution < 1.29 is 33.3 Å². The van der Waals surface area contributed by atoms with Crippen LogP contribution in [0.4, 0.5) is 5.69 Å². The van der Waals surface area contributed by atoms with E-state index in [4.69, 9.17) is 23.7 Å². The van der Waals surface area contributed by atoms with Gasteiger partial charge in [-0.3, -0.25) is 14.5 Å². The van der Waals surface area contributed by atoms with Crippen LogP contribution in [0.25, 0.3) is 0 Å². The summed E-state index contributed by atoms with van der Waals surface area (Å²) < 4.78 is 26.7. The molecular weight excluding hydrogens is 378 g/mol. The first-order valence-electron chi connectivity index (χ1n) is 8.89. The number of esters is 1. The summed E-state index contributed by atoms with van der Waals surface area (Å²) in [5.41, 5.74) is 1.33. The Labute approximate surface area is 168 Å². The fourth-order valence-corrected chi connectivity index (χ4v) is 3.38. The number of β-lactam (4-membered cyclic amide) rings is 1. The van der Waals surface area contributed by atoms with E-state index in [0.717, 1.165) is 0 Å². The fraction of sp³-hybridized carbons (Fsp3) is 0.333. The third-order valence-corrected chi connectivity index (χ3v) is 4.72. The SMILES string of the molecule is COc1ccc(N2C(=O)C(OC(C)=O)C2c2cc(OC)c(OC)c(OC)c2)cc1. The third kappa shape index (κ3) is 3.65. The van der Waals surface area contributed by atoms with Gasteiger partial charge in [0.05, 0.1) is 28.4 Å². The average molecular weight is 401 g/mol. The predicted molar refractivity (Wildman–Crippen MR) is 105 cm³/mol. The molecule has 0 aliphatic carbocycles. The Morgan fingerprint density at radius 1 is 0.897 bits per heavy atom. The normalized spacial score (nSPS) is 18.0. The van der Waals surface area contributed by atoms with Gasteiger partial charge in [0.15, 0.2) is 11.5 Å². The molecule has 1 saturated heterocycles. The van der Waals surface area contributed by atoms with Crippen LogP contribution < -0.4 is 23.8 Å². The van der Waals surface area contributed by atoms with Gasteiger partial charge in [-0.1, -0.05) is 0 Å². The van der Waals surface area contributed by atoms with Crippen LogP contribution in [-0.4, -0.2) is 46.4 Å². The Hall–Kier alpha value is -3.42. The van der Waals surface area contributed by atoms with Crippen molar-refractivity contribution in [3.8, 4) is 23.0 Å². The second-order valence-corrected chi connectivity index (χ2v) is 6.34. The molecule has 2 aromatic rings. The van der Waals surface area contributed by atoms with Crippen LogP contribution in [0.15, 0.2) is 36.4 Å². The highest BCUT2D eigenvalue weighted by molar-refractivity contribution is 6.06. The maximum absolute atomic E-state index is 12.8. The average Bonchev–Trinajstić information content (AvgIpc) is 2.74. The number of benzene rings is 2. The Morgan fingerprint density at radius 3 is 1.93 bits per heavy atom. The van der Waals surface area contributed by atoms with E-state index in [0.29, 0.717) is 34.2 Å². The van der Waals surface area contributed by atoms with Crippen LogP contribution in [0.1, 0.15) is 18.5 Å². The number of hydrogen-bond donors (Lipinski definition) is 0. The minimum atomic E-state index is -0.947. The van der Waals surface area contributed by atoms with E-state index in [1.807, 2.05) is 0 Å². The predicted octanol–water partition coefficient (Wildman–Crippen LogP) is 2.74. The number of amides is 1. The first kappa shape index (κ1) is 20.3. The summed E-state index contributed by atoms with van der Waals surface area (Å²) in [7, 11) is 6.10. The van der Waals surface area contributed by atoms with Crippen LogP contribution >= 0.6 is 0 Å². The monoisotopic (exact) mass is 401 g/mol. The Kier molecular flexibility index (Phi) is 5.81. The lowest BCUT2D eigenvalue weighted by Gasteiger charge is -2.46. The summed E-state index contributed by atoms with van der Waals surface area (Å²) in [5.74, 6) is 1.14. The van der Waals surface area contributed by atoms with Gasteiger partial charge in [0, 0.05) is 12.6 Å². The van der Waals surface area contributed by atoms with Crippen molar-refractivity contribution in [2.75, 3.05) is 33.3 Å². The largest absolute Gasteiger partial charge is 0.497 e. The lowest BCUT2D eigenvalue weighted by Crippen LogP contribution is -2.60. The molecule has 0 saturated carbocycles. The van der Waals surface area contributed by atoms with Gasteiger partial charge in [-0.2, -0.15) is 0 Å². The molecule has 2 atom stereocenters. The van der Waals surface area contributed by atoms with Crippen molar-refractivity contribution in [3.05, 3.63) is 42.0 Å². The summed E-state index contributed by atoms with van der Waals surface area (Å²) in [4.78, 5) is 25.9. The molecule has 1 aliphatic heterocycles. The van der Waals surface area contributed by atoms with E-state index in [1.54, 1.807) is 48.4 Å². The van der Waals surface area contributed by atoms with E-state index in [1.165, 1.54) is 28.3 Å². The molecule has 2 aromatic carbocycles. The van der Waals surface area contributed by atoms with Gasteiger partial charge in [0.1, 0.15) is 11.8 Å². The van der Waals surface area contributed by atoms with E-state index in [9.17, 15) is 9.59 Å². The highest BCUT2D eigenvalue weighted by Gasteiger charge is 2.52. The van der Waals surface area contributed by atoms with Crippen molar-refractivity contribution in [1.82, 2.24) is 0 Å². The van der Waals surface area contributed by atoms with Crippen molar-refractivity contribution in [2.45, 2.75) is 19.1 Å². The van der Waals surface area contributed by atoms with E-state index < -0.39 is 18.1 Å². The first-order valence-corrected chi connectivity index (χ1v) is 8.89. The second-order valence-electron chi connectivity index (χ2n) is 6.34.